The van der Waals surface area contributed by atoms with Crippen LogP contribution in [0.4, 0.5) is 0 Å². The van der Waals surface area contributed by atoms with Gasteiger partial charge in [0.15, 0.2) is 11.5 Å². The van der Waals surface area contributed by atoms with Gasteiger partial charge in [0.25, 0.3) is 0 Å². The molecule has 8 heteroatoms. The van der Waals surface area contributed by atoms with E-state index in [-0.39, 0.29) is 11.5 Å². The number of hydrogen-bond acceptors (Lipinski definition) is 6. The van der Waals surface area contributed by atoms with Crippen LogP contribution in [0, 0.1) is 0 Å². The van der Waals surface area contributed by atoms with Gasteiger partial charge in [-0.05, 0) is 45.8 Å². The average molecular weight is 459 g/mol. The number of benzene rings is 2. The molecule has 0 radical (unpaired) electrons. The van der Waals surface area contributed by atoms with Gasteiger partial charge in [-0.15, -0.1) is 0 Å². The first kappa shape index (κ1) is 19.2. The summed E-state index contributed by atoms with van der Waals surface area (Å²) in [6.07, 6.45) is 1.83. The van der Waals surface area contributed by atoms with E-state index >= 15 is 0 Å². The Morgan fingerprint density at radius 3 is 2.66 bits per heavy atom. The SMILES string of the molecule is COC(=O)C1=C(N)Oc2c(ccc3[nH]ccc23)C1c1cc(Br)c(OC)c(OC)c1. The number of nitrogens with one attached hydrogen (secondary N) is 1. The molecule has 0 aliphatic carbocycles. The number of carbonyl (C=O) groups is 1. The Balaban J connectivity index is 2.01. The van der Waals surface area contributed by atoms with Crippen molar-refractivity contribution >= 4 is 32.8 Å². The van der Waals surface area contributed by atoms with E-state index in [0.29, 0.717) is 21.7 Å². The Kier molecular flexibility index (Phi) is 4.87. The monoisotopic (exact) mass is 458 g/mol. The van der Waals surface area contributed by atoms with Crippen LogP contribution in [0.5, 0.6) is 17.2 Å². The second-order valence-electron chi connectivity index (χ2n) is 6.47. The van der Waals surface area contributed by atoms with Crippen LogP contribution >= 0.6 is 15.9 Å². The van der Waals surface area contributed by atoms with Gasteiger partial charge in [-0.1, -0.05) is 6.07 Å². The topological polar surface area (TPSA) is 95.8 Å². The third-order valence-corrected chi connectivity index (χ3v) is 5.58. The van der Waals surface area contributed by atoms with Crippen LogP contribution in [0.25, 0.3) is 10.9 Å². The molecule has 29 heavy (non-hydrogen) atoms. The maximum Gasteiger partial charge on any atom is 0.340 e. The number of aromatic amines is 1. The van der Waals surface area contributed by atoms with Gasteiger partial charge < -0.3 is 29.7 Å². The molecule has 2 heterocycles. The van der Waals surface area contributed by atoms with E-state index in [9.17, 15) is 4.79 Å². The molecule has 7 nitrogen and oxygen atoms in total. The minimum absolute atomic E-state index is 0.00829. The zero-order valence-electron chi connectivity index (χ0n) is 16.0. The van der Waals surface area contributed by atoms with E-state index in [1.54, 1.807) is 14.2 Å². The van der Waals surface area contributed by atoms with Crippen molar-refractivity contribution in [1.82, 2.24) is 4.98 Å². The maximum atomic E-state index is 12.6. The molecule has 150 valence electrons. The zero-order valence-corrected chi connectivity index (χ0v) is 17.6. The number of fused-ring (bicyclic) bond motifs is 3. The van der Waals surface area contributed by atoms with Crippen molar-refractivity contribution in [2.45, 2.75) is 5.92 Å². The highest BCUT2D eigenvalue weighted by molar-refractivity contribution is 9.10. The minimum atomic E-state index is -0.557. The number of ether oxygens (including phenoxy) is 4. The second kappa shape index (κ2) is 7.36. The van der Waals surface area contributed by atoms with E-state index in [1.807, 2.05) is 36.5 Å². The van der Waals surface area contributed by atoms with Crippen LogP contribution < -0.4 is 19.9 Å². The van der Waals surface area contributed by atoms with E-state index < -0.39 is 11.9 Å². The lowest BCUT2D eigenvalue weighted by molar-refractivity contribution is -0.136. The Bertz CT molecular complexity index is 1150. The van der Waals surface area contributed by atoms with Crippen LogP contribution in [-0.4, -0.2) is 32.3 Å². The van der Waals surface area contributed by atoms with Gasteiger partial charge in [-0.25, -0.2) is 4.79 Å². The van der Waals surface area contributed by atoms with E-state index in [1.165, 1.54) is 7.11 Å². The lowest BCUT2D eigenvalue weighted by Gasteiger charge is -2.29. The number of methoxy groups -OCH3 is 3. The third-order valence-electron chi connectivity index (χ3n) is 4.99. The number of H-pyrrole nitrogens is 1. The van der Waals surface area contributed by atoms with Gasteiger partial charge in [-0.3, -0.25) is 0 Å². The summed E-state index contributed by atoms with van der Waals surface area (Å²) < 4.78 is 22.5. The molecule has 0 bridgehead atoms. The maximum absolute atomic E-state index is 12.6. The normalized spacial score (nSPS) is 15.7. The molecule has 1 aliphatic heterocycles. The summed E-state index contributed by atoms with van der Waals surface area (Å²) in [4.78, 5) is 15.8. The number of hydrogen-bond donors (Lipinski definition) is 2. The van der Waals surface area contributed by atoms with Crippen LogP contribution in [0.1, 0.15) is 17.0 Å². The van der Waals surface area contributed by atoms with Gasteiger partial charge in [0, 0.05) is 22.7 Å². The van der Waals surface area contributed by atoms with Crippen molar-refractivity contribution in [3.05, 3.63) is 63.6 Å². The first-order valence-corrected chi connectivity index (χ1v) is 9.56. The first-order chi connectivity index (χ1) is 14.0. The van der Waals surface area contributed by atoms with Crippen LogP contribution in [0.2, 0.25) is 0 Å². The molecule has 3 N–H and O–H groups in total. The zero-order chi connectivity index (χ0) is 20.7. The van der Waals surface area contributed by atoms with Gasteiger partial charge >= 0.3 is 5.97 Å². The second-order valence-corrected chi connectivity index (χ2v) is 7.32. The fourth-order valence-corrected chi connectivity index (χ4v) is 4.33. The summed E-state index contributed by atoms with van der Waals surface area (Å²) in [5.41, 5.74) is 8.91. The summed E-state index contributed by atoms with van der Waals surface area (Å²) in [6, 6.07) is 9.46. The highest BCUT2D eigenvalue weighted by Gasteiger charge is 2.37. The Hall–Kier alpha value is -3.13. The number of nitrogens with two attached hydrogens (primary N) is 1. The molecule has 0 spiro atoms. The van der Waals surface area contributed by atoms with Gasteiger partial charge in [0.05, 0.1) is 31.7 Å². The number of halogens is 1. The molecule has 1 aromatic heterocycles. The predicted octanol–water partition coefficient (Wildman–Crippen LogP) is 3.82. The highest BCUT2D eigenvalue weighted by Crippen LogP contribution is 2.48. The van der Waals surface area contributed by atoms with Gasteiger partial charge in [-0.2, -0.15) is 0 Å². The summed E-state index contributed by atoms with van der Waals surface area (Å²) in [7, 11) is 4.43. The van der Waals surface area contributed by atoms with Gasteiger partial charge in [0.2, 0.25) is 5.88 Å². The van der Waals surface area contributed by atoms with Crippen molar-refractivity contribution in [2.24, 2.45) is 5.73 Å². The quantitative estimate of drug-likeness (QED) is 0.577. The Labute approximate surface area is 175 Å². The third kappa shape index (κ3) is 3.00. The molecular weight excluding hydrogens is 440 g/mol. The van der Waals surface area contributed by atoms with Crippen LogP contribution in [0.3, 0.4) is 0 Å². The van der Waals surface area contributed by atoms with E-state index in [2.05, 4.69) is 20.9 Å². The van der Waals surface area contributed by atoms with Crippen molar-refractivity contribution in [1.29, 1.82) is 0 Å². The summed E-state index contributed by atoms with van der Waals surface area (Å²) >= 11 is 3.52. The molecule has 1 aliphatic rings. The summed E-state index contributed by atoms with van der Waals surface area (Å²) in [5, 5.41) is 0.874. The molecule has 0 fully saturated rings. The molecule has 4 rings (SSSR count). The molecular formula is C21H19BrN2O5. The fraction of sp³-hybridized carbons (Fsp3) is 0.190. The Morgan fingerprint density at radius 2 is 1.97 bits per heavy atom. The van der Waals surface area contributed by atoms with Crippen molar-refractivity contribution < 1.29 is 23.7 Å². The molecule has 0 amide bonds. The minimum Gasteiger partial charge on any atom is -0.493 e. The molecule has 1 atom stereocenters. The molecule has 3 aromatic rings. The lowest BCUT2D eigenvalue weighted by atomic mass is 9.82. The number of carbonyl (C=O) groups excluding carboxylic acids is 1. The van der Waals surface area contributed by atoms with Crippen LogP contribution in [-0.2, 0) is 9.53 Å². The number of rotatable bonds is 4. The highest BCUT2D eigenvalue weighted by atomic mass is 79.9. The molecule has 0 saturated carbocycles. The predicted molar refractivity (Wildman–Crippen MR) is 111 cm³/mol. The van der Waals surface area contributed by atoms with Crippen molar-refractivity contribution in [3.63, 3.8) is 0 Å². The smallest absolute Gasteiger partial charge is 0.340 e. The van der Waals surface area contributed by atoms with Crippen molar-refractivity contribution in [3.8, 4) is 17.2 Å². The average Bonchev–Trinajstić information content (AvgIpc) is 3.21. The largest absolute Gasteiger partial charge is 0.493 e. The standard InChI is InChI=1S/C21H19BrN2O5/c1-26-15-9-10(8-13(22)19(15)27-2)16-12-4-5-14-11(6-7-24-14)18(12)29-20(23)17(16)21(25)28-3/h4-9,16,24H,23H2,1-3H3. The van der Waals surface area contributed by atoms with Crippen LogP contribution in [0.15, 0.2) is 52.5 Å². The van der Waals surface area contributed by atoms with Gasteiger partial charge in [0.1, 0.15) is 11.3 Å². The summed E-state index contributed by atoms with van der Waals surface area (Å²) in [5.74, 6) is 0.621. The number of aromatic nitrogens is 1. The Morgan fingerprint density at radius 1 is 1.17 bits per heavy atom. The summed E-state index contributed by atoms with van der Waals surface area (Å²) in [6.45, 7) is 0. The lowest BCUT2D eigenvalue weighted by Crippen LogP contribution is -2.27. The molecule has 0 saturated heterocycles. The van der Waals surface area contributed by atoms with E-state index in [4.69, 9.17) is 24.7 Å². The van der Waals surface area contributed by atoms with Crippen molar-refractivity contribution in [2.75, 3.05) is 21.3 Å². The number of esters is 1. The molecule has 2 aromatic carbocycles. The fourth-order valence-electron chi connectivity index (χ4n) is 3.71. The molecule has 1 unspecified atom stereocenters. The first-order valence-electron chi connectivity index (χ1n) is 8.77. The van der Waals surface area contributed by atoms with E-state index in [0.717, 1.165) is 22.0 Å².